The minimum Gasteiger partial charge on any atom is -0.370 e. The maximum atomic E-state index is 4.39. The third-order valence-electron chi connectivity index (χ3n) is 2.72. The van der Waals surface area contributed by atoms with Crippen LogP contribution in [0.1, 0.15) is 32.0 Å². The van der Waals surface area contributed by atoms with Crippen molar-refractivity contribution in [1.82, 2.24) is 10.3 Å². The van der Waals surface area contributed by atoms with E-state index in [1.54, 1.807) is 0 Å². The number of rotatable bonds is 6. The summed E-state index contributed by atoms with van der Waals surface area (Å²) in [6.07, 6.45) is 1.97. The number of hydrogen-bond donors (Lipinski definition) is 1. The highest BCUT2D eigenvalue weighted by Crippen LogP contribution is 2.20. The number of anilines is 1. The Kier molecular flexibility index (Phi) is 5.35. The van der Waals surface area contributed by atoms with Gasteiger partial charge in [0, 0.05) is 49.3 Å². The number of aromatic nitrogens is 1. The molecule has 0 aliphatic carbocycles. The Balaban J connectivity index is 2.91. The third-order valence-corrected chi connectivity index (χ3v) is 2.72. The molecule has 0 radical (unpaired) electrons. The van der Waals surface area contributed by atoms with E-state index in [1.165, 1.54) is 11.3 Å². The molecular formula is C15H25N3. The van der Waals surface area contributed by atoms with Crippen molar-refractivity contribution >= 4 is 5.69 Å². The van der Waals surface area contributed by atoms with Gasteiger partial charge in [-0.25, -0.2) is 0 Å². The monoisotopic (exact) mass is 247 g/mol. The Bertz CT molecular complexity index is 410. The fourth-order valence-electron chi connectivity index (χ4n) is 1.87. The molecule has 0 aliphatic rings. The summed E-state index contributed by atoms with van der Waals surface area (Å²) in [4.78, 5) is 6.62. The average molecular weight is 247 g/mol. The molecule has 0 aromatic carbocycles. The number of aryl methyl sites for hydroxylation is 1. The maximum Gasteiger partial charge on any atom is 0.0445 e. The number of likely N-dealkylation sites (N-methyl/N-ethyl adjacent to an activating group) is 1. The first-order chi connectivity index (χ1) is 8.40. The van der Waals surface area contributed by atoms with Gasteiger partial charge in [0.1, 0.15) is 0 Å². The van der Waals surface area contributed by atoms with E-state index in [9.17, 15) is 0 Å². The van der Waals surface area contributed by atoms with E-state index in [4.69, 9.17) is 0 Å². The van der Waals surface area contributed by atoms with Crippen LogP contribution in [0.25, 0.3) is 0 Å². The van der Waals surface area contributed by atoms with E-state index in [-0.39, 0.29) is 0 Å². The van der Waals surface area contributed by atoms with E-state index < -0.39 is 0 Å². The van der Waals surface area contributed by atoms with Crippen LogP contribution < -0.4 is 10.2 Å². The SMILES string of the molecule is C=C(C)CN(C)c1cc(C)ncc1CNC(C)C. The third kappa shape index (κ3) is 4.49. The summed E-state index contributed by atoms with van der Waals surface area (Å²) in [5.74, 6) is 0. The van der Waals surface area contributed by atoms with Gasteiger partial charge >= 0.3 is 0 Å². The van der Waals surface area contributed by atoms with Crippen LogP contribution in [-0.4, -0.2) is 24.6 Å². The summed E-state index contributed by atoms with van der Waals surface area (Å²) >= 11 is 0. The molecule has 0 atom stereocenters. The molecule has 0 saturated heterocycles. The lowest BCUT2D eigenvalue weighted by atomic mass is 10.1. The minimum absolute atomic E-state index is 0.477. The van der Waals surface area contributed by atoms with Gasteiger partial charge in [0.25, 0.3) is 0 Å². The zero-order valence-corrected chi connectivity index (χ0v) is 12.2. The average Bonchev–Trinajstić information content (AvgIpc) is 2.26. The Hall–Kier alpha value is -1.35. The van der Waals surface area contributed by atoms with E-state index >= 15 is 0 Å². The summed E-state index contributed by atoms with van der Waals surface area (Å²) in [5.41, 5.74) is 4.68. The predicted molar refractivity (Wildman–Crippen MR) is 79.0 cm³/mol. The van der Waals surface area contributed by atoms with Gasteiger partial charge in [-0.1, -0.05) is 26.0 Å². The molecule has 18 heavy (non-hydrogen) atoms. The molecule has 0 bridgehead atoms. The topological polar surface area (TPSA) is 28.2 Å². The predicted octanol–water partition coefficient (Wildman–Crippen LogP) is 2.90. The quantitative estimate of drug-likeness (QED) is 0.783. The van der Waals surface area contributed by atoms with Crippen molar-refractivity contribution in [2.75, 3.05) is 18.5 Å². The number of pyridine rings is 1. The summed E-state index contributed by atoms with van der Waals surface area (Å²) in [7, 11) is 2.10. The maximum absolute atomic E-state index is 4.39. The molecule has 0 spiro atoms. The molecule has 3 heteroatoms. The standard InChI is InChI=1S/C15H25N3/c1-11(2)10-18(6)15-7-13(5)17-9-14(15)8-16-12(3)4/h7,9,12,16H,1,8,10H2,2-6H3. The first-order valence-electron chi connectivity index (χ1n) is 6.44. The molecule has 1 aromatic heterocycles. The Morgan fingerprint density at radius 1 is 1.50 bits per heavy atom. The van der Waals surface area contributed by atoms with E-state index in [0.717, 1.165) is 24.4 Å². The van der Waals surface area contributed by atoms with Gasteiger partial charge in [-0.05, 0) is 19.9 Å². The molecular weight excluding hydrogens is 222 g/mol. The van der Waals surface area contributed by atoms with Gasteiger partial charge in [0.2, 0.25) is 0 Å². The van der Waals surface area contributed by atoms with Gasteiger partial charge in [0.05, 0.1) is 0 Å². The Morgan fingerprint density at radius 2 is 2.17 bits per heavy atom. The summed E-state index contributed by atoms with van der Waals surface area (Å²) in [6, 6.07) is 2.62. The van der Waals surface area contributed by atoms with Crippen molar-refractivity contribution < 1.29 is 0 Å². The van der Waals surface area contributed by atoms with E-state index in [1.807, 2.05) is 13.1 Å². The van der Waals surface area contributed by atoms with Crippen LogP contribution in [-0.2, 0) is 6.54 Å². The first-order valence-corrected chi connectivity index (χ1v) is 6.44. The first kappa shape index (κ1) is 14.7. The van der Waals surface area contributed by atoms with Crippen molar-refractivity contribution in [1.29, 1.82) is 0 Å². The number of nitrogens with zero attached hydrogens (tertiary/aromatic N) is 2. The zero-order chi connectivity index (χ0) is 13.7. The second-order valence-corrected chi connectivity index (χ2v) is 5.30. The second kappa shape index (κ2) is 6.55. The normalized spacial score (nSPS) is 10.8. The largest absolute Gasteiger partial charge is 0.370 e. The molecule has 0 unspecified atom stereocenters. The van der Waals surface area contributed by atoms with E-state index in [0.29, 0.717) is 6.04 Å². The smallest absolute Gasteiger partial charge is 0.0445 e. The highest BCUT2D eigenvalue weighted by molar-refractivity contribution is 5.53. The van der Waals surface area contributed by atoms with Crippen LogP contribution in [0.15, 0.2) is 24.4 Å². The van der Waals surface area contributed by atoms with Crippen LogP contribution in [0.5, 0.6) is 0 Å². The van der Waals surface area contributed by atoms with Crippen LogP contribution in [0, 0.1) is 6.92 Å². The van der Waals surface area contributed by atoms with Crippen LogP contribution >= 0.6 is 0 Å². The lowest BCUT2D eigenvalue weighted by Crippen LogP contribution is -2.25. The van der Waals surface area contributed by atoms with Crippen molar-refractivity contribution in [3.63, 3.8) is 0 Å². The summed E-state index contributed by atoms with van der Waals surface area (Å²) in [5, 5.41) is 3.44. The van der Waals surface area contributed by atoms with Gasteiger partial charge in [0.15, 0.2) is 0 Å². The fourth-order valence-corrected chi connectivity index (χ4v) is 1.87. The van der Waals surface area contributed by atoms with Gasteiger partial charge < -0.3 is 10.2 Å². The molecule has 1 N–H and O–H groups in total. The summed E-state index contributed by atoms with van der Waals surface area (Å²) in [6.45, 7) is 14.1. The highest BCUT2D eigenvalue weighted by Gasteiger charge is 2.09. The molecule has 1 heterocycles. The van der Waals surface area contributed by atoms with Gasteiger partial charge in [-0.15, -0.1) is 0 Å². The van der Waals surface area contributed by atoms with Crippen molar-refractivity contribution in [3.8, 4) is 0 Å². The van der Waals surface area contributed by atoms with Gasteiger partial charge in [-0.2, -0.15) is 0 Å². The minimum atomic E-state index is 0.477. The fraction of sp³-hybridized carbons (Fsp3) is 0.533. The second-order valence-electron chi connectivity index (χ2n) is 5.30. The number of nitrogens with one attached hydrogen (secondary N) is 1. The molecule has 1 rings (SSSR count). The Morgan fingerprint density at radius 3 is 2.72 bits per heavy atom. The highest BCUT2D eigenvalue weighted by atomic mass is 15.1. The molecule has 0 amide bonds. The molecule has 3 nitrogen and oxygen atoms in total. The molecule has 0 saturated carbocycles. The van der Waals surface area contributed by atoms with Crippen LogP contribution in [0.3, 0.4) is 0 Å². The summed E-state index contributed by atoms with van der Waals surface area (Å²) < 4.78 is 0. The Labute approximate surface area is 111 Å². The molecule has 0 aliphatic heterocycles. The van der Waals surface area contributed by atoms with E-state index in [2.05, 4.69) is 55.7 Å². The van der Waals surface area contributed by atoms with Crippen molar-refractivity contribution in [3.05, 3.63) is 35.7 Å². The lowest BCUT2D eigenvalue weighted by Gasteiger charge is -2.23. The number of hydrogen-bond acceptors (Lipinski definition) is 3. The lowest BCUT2D eigenvalue weighted by molar-refractivity contribution is 0.587. The van der Waals surface area contributed by atoms with Crippen molar-refractivity contribution in [2.24, 2.45) is 0 Å². The van der Waals surface area contributed by atoms with Crippen LogP contribution in [0.2, 0.25) is 0 Å². The van der Waals surface area contributed by atoms with Gasteiger partial charge in [-0.3, -0.25) is 4.98 Å². The molecule has 0 fully saturated rings. The molecule has 100 valence electrons. The molecule has 1 aromatic rings. The van der Waals surface area contributed by atoms with Crippen molar-refractivity contribution in [2.45, 2.75) is 40.3 Å². The van der Waals surface area contributed by atoms with Crippen LogP contribution in [0.4, 0.5) is 5.69 Å². The zero-order valence-electron chi connectivity index (χ0n) is 12.2.